The van der Waals surface area contributed by atoms with Crippen LogP contribution in [0.5, 0.6) is 0 Å². The molecule has 0 atom stereocenters. The molecule has 0 spiro atoms. The number of halogens is 2. The standard InChI is InChI=1S/C24H23Cl2N7O/c25-18-8-6-17(7-9-18)12-28-23-21(26)31-20(22(27)32-23)24(34)29-13-19-14-33(15-30-19)11-10-16-4-2-1-3-5-16/h1-9,14-15H,10-13H2,(H,29,34)(H3,27,28,32). The first kappa shape index (κ1) is 23.5. The maximum Gasteiger partial charge on any atom is 0.274 e. The smallest absolute Gasteiger partial charge is 0.274 e. The number of anilines is 2. The van der Waals surface area contributed by atoms with E-state index in [1.807, 2.05) is 41.1 Å². The number of nitrogens with zero attached hydrogens (tertiary/aromatic N) is 4. The molecule has 0 aliphatic carbocycles. The Kier molecular flexibility index (Phi) is 7.61. The summed E-state index contributed by atoms with van der Waals surface area (Å²) in [6.07, 6.45) is 4.54. The molecule has 0 radical (unpaired) electrons. The van der Waals surface area contributed by atoms with E-state index in [0.717, 1.165) is 24.2 Å². The molecule has 34 heavy (non-hydrogen) atoms. The topological polar surface area (TPSA) is 111 Å². The van der Waals surface area contributed by atoms with Crippen molar-refractivity contribution in [1.29, 1.82) is 0 Å². The molecule has 4 aromatic rings. The summed E-state index contributed by atoms with van der Waals surface area (Å²) in [5.41, 5.74) is 8.89. The number of hydrogen-bond donors (Lipinski definition) is 3. The van der Waals surface area contributed by atoms with Crippen molar-refractivity contribution in [3.63, 3.8) is 0 Å². The van der Waals surface area contributed by atoms with E-state index >= 15 is 0 Å². The summed E-state index contributed by atoms with van der Waals surface area (Å²) in [6.45, 7) is 1.47. The van der Waals surface area contributed by atoms with Gasteiger partial charge in [0.05, 0.1) is 18.6 Å². The number of aromatic nitrogens is 4. The number of imidazole rings is 1. The number of amides is 1. The third kappa shape index (κ3) is 6.24. The van der Waals surface area contributed by atoms with Crippen LogP contribution in [0.3, 0.4) is 0 Å². The molecule has 0 saturated heterocycles. The molecule has 4 rings (SSSR count). The zero-order valence-corrected chi connectivity index (χ0v) is 19.7. The number of nitrogen functional groups attached to an aromatic ring is 1. The van der Waals surface area contributed by atoms with Crippen LogP contribution >= 0.6 is 23.2 Å². The molecule has 0 aliphatic rings. The van der Waals surface area contributed by atoms with Crippen molar-refractivity contribution >= 4 is 40.7 Å². The highest BCUT2D eigenvalue weighted by Crippen LogP contribution is 2.21. The molecule has 0 saturated carbocycles. The lowest BCUT2D eigenvalue weighted by atomic mass is 10.1. The van der Waals surface area contributed by atoms with Gasteiger partial charge in [0.1, 0.15) is 0 Å². The number of nitrogens with one attached hydrogen (secondary N) is 2. The Hall–Kier alpha value is -3.62. The van der Waals surface area contributed by atoms with Crippen molar-refractivity contribution in [3.8, 4) is 0 Å². The molecule has 0 fully saturated rings. The van der Waals surface area contributed by atoms with Gasteiger partial charge < -0.3 is 20.9 Å². The van der Waals surface area contributed by atoms with E-state index < -0.39 is 5.91 Å². The lowest BCUT2D eigenvalue weighted by Gasteiger charge is -2.11. The SMILES string of the molecule is Nc1nc(NCc2ccc(Cl)cc2)c(Cl)nc1C(=O)NCc1cn(CCc2ccccc2)cn1. The van der Waals surface area contributed by atoms with Crippen molar-refractivity contribution in [1.82, 2.24) is 24.8 Å². The predicted octanol–water partition coefficient (Wildman–Crippen LogP) is 4.35. The Labute approximate surface area is 207 Å². The molecule has 10 heteroatoms. The number of carbonyl (C=O) groups is 1. The zero-order chi connectivity index (χ0) is 23.9. The summed E-state index contributed by atoms with van der Waals surface area (Å²) in [5.74, 6) is -0.202. The Morgan fingerprint density at radius 3 is 2.50 bits per heavy atom. The van der Waals surface area contributed by atoms with E-state index in [2.05, 4.69) is 37.7 Å². The molecule has 2 heterocycles. The molecule has 1 amide bonds. The highest BCUT2D eigenvalue weighted by Gasteiger charge is 2.17. The molecule has 2 aromatic heterocycles. The molecular weight excluding hydrogens is 473 g/mol. The Morgan fingerprint density at radius 2 is 1.74 bits per heavy atom. The van der Waals surface area contributed by atoms with E-state index in [9.17, 15) is 4.79 Å². The number of nitrogens with two attached hydrogens (primary N) is 1. The van der Waals surface area contributed by atoms with Crippen LogP contribution in [-0.4, -0.2) is 25.4 Å². The summed E-state index contributed by atoms with van der Waals surface area (Å²) in [4.78, 5) is 25.3. The minimum atomic E-state index is -0.477. The van der Waals surface area contributed by atoms with Crippen LogP contribution in [0.1, 0.15) is 27.3 Å². The lowest BCUT2D eigenvalue weighted by Crippen LogP contribution is -2.26. The first-order valence-electron chi connectivity index (χ1n) is 10.6. The largest absolute Gasteiger partial charge is 0.382 e. The fourth-order valence-corrected chi connectivity index (χ4v) is 3.59. The van der Waals surface area contributed by atoms with E-state index in [4.69, 9.17) is 28.9 Å². The molecule has 2 aromatic carbocycles. The highest BCUT2D eigenvalue weighted by atomic mass is 35.5. The monoisotopic (exact) mass is 495 g/mol. The average molecular weight is 496 g/mol. The van der Waals surface area contributed by atoms with Gasteiger partial charge in [-0.25, -0.2) is 15.0 Å². The molecule has 0 aliphatic heterocycles. The fourth-order valence-electron chi connectivity index (χ4n) is 3.27. The molecule has 174 valence electrons. The van der Waals surface area contributed by atoms with Crippen LogP contribution in [0.15, 0.2) is 67.1 Å². The quantitative estimate of drug-likeness (QED) is 0.318. The van der Waals surface area contributed by atoms with Gasteiger partial charge in [0.2, 0.25) is 0 Å². The number of benzene rings is 2. The summed E-state index contributed by atoms with van der Waals surface area (Å²) in [7, 11) is 0. The van der Waals surface area contributed by atoms with Gasteiger partial charge in [-0.15, -0.1) is 0 Å². The predicted molar refractivity (Wildman–Crippen MR) is 134 cm³/mol. The Balaban J connectivity index is 1.31. The molecule has 0 unspecified atom stereocenters. The molecule has 8 nitrogen and oxygen atoms in total. The summed E-state index contributed by atoms with van der Waals surface area (Å²) < 4.78 is 1.99. The van der Waals surface area contributed by atoms with Gasteiger partial charge in [-0.05, 0) is 29.7 Å². The lowest BCUT2D eigenvalue weighted by molar-refractivity contribution is 0.0946. The van der Waals surface area contributed by atoms with Crippen LogP contribution in [-0.2, 0) is 26.1 Å². The average Bonchev–Trinajstić information content (AvgIpc) is 3.31. The first-order valence-corrected chi connectivity index (χ1v) is 11.4. The van der Waals surface area contributed by atoms with Gasteiger partial charge in [0.15, 0.2) is 22.5 Å². The third-order valence-electron chi connectivity index (χ3n) is 5.09. The van der Waals surface area contributed by atoms with Crippen LogP contribution in [0.4, 0.5) is 11.6 Å². The van der Waals surface area contributed by atoms with Crippen LogP contribution in [0, 0.1) is 0 Å². The molecule has 4 N–H and O–H groups in total. The zero-order valence-electron chi connectivity index (χ0n) is 18.2. The van der Waals surface area contributed by atoms with Crippen molar-refractivity contribution in [2.75, 3.05) is 11.1 Å². The van der Waals surface area contributed by atoms with E-state index in [1.54, 1.807) is 18.5 Å². The van der Waals surface area contributed by atoms with Crippen molar-refractivity contribution < 1.29 is 4.79 Å². The Bertz CT molecular complexity index is 1260. The van der Waals surface area contributed by atoms with Gasteiger partial charge in [0.25, 0.3) is 5.91 Å². The maximum atomic E-state index is 12.6. The minimum absolute atomic E-state index is 0.0195. The van der Waals surface area contributed by atoms with E-state index in [-0.39, 0.29) is 23.2 Å². The molecular formula is C24H23Cl2N7O. The van der Waals surface area contributed by atoms with Crippen molar-refractivity contribution in [3.05, 3.63) is 99.8 Å². The first-order chi connectivity index (χ1) is 16.5. The normalized spacial score (nSPS) is 10.8. The van der Waals surface area contributed by atoms with E-state index in [1.165, 1.54) is 5.56 Å². The highest BCUT2D eigenvalue weighted by molar-refractivity contribution is 6.32. The second kappa shape index (κ2) is 11.0. The second-order valence-corrected chi connectivity index (χ2v) is 8.39. The van der Waals surface area contributed by atoms with Crippen molar-refractivity contribution in [2.24, 2.45) is 0 Å². The van der Waals surface area contributed by atoms with Crippen LogP contribution in [0.25, 0.3) is 0 Å². The van der Waals surface area contributed by atoms with E-state index in [0.29, 0.717) is 17.4 Å². The second-order valence-electron chi connectivity index (χ2n) is 7.60. The summed E-state index contributed by atoms with van der Waals surface area (Å²) in [6, 6.07) is 17.6. The fraction of sp³-hybridized carbons (Fsp3) is 0.167. The van der Waals surface area contributed by atoms with Crippen LogP contribution in [0.2, 0.25) is 10.2 Å². The maximum absolute atomic E-state index is 12.6. The minimum Gasteiger partial charge on any atom is -0.382 e. The number of rotatable bonds is 9. The van der Waals surface area contributed by atoms with Gasteiger partial charge in [-0.3, -0.25) is 4.79 Å². The molecule has 0 bridgehead atoms. The van der Waals surface area contributed by atoms with Crippen LogP contribution < -0.4 is 16.4 Å². The van der Waals surface area contributed by atoms with Gasteiger partial charge in [-0.1, -0.05) is 65.7 Å². The Morgan fingerprint density at radius 1 is 0.971 bits per heavy atom. The van der Waals surface area contributed by atoms with Gasteiger partial charge >= 0.3 is 0 Å². The van der Waals surface area contributed by atoms with Crippen molar-refractivity contribution in [2.45, 2.75) is 26.1 Å². The number of carbonyl (C=O) groups excluding carboxylic acids is 1. The van der Waals surface area contributed by atoms with Gasteiger partial charge in [0, 0.05) is 24.3 Å². The third-order valence-corrected chi connectivity index (χ3v) is 5.60. The summed E-state index contributed by atoms with van der Waals surface area (Å²) >= 11 is 12.1. The number of aryl methyl sites for hydroxylation is 2. The van der Waals surface area contributed by atoms with Gasteiger partial charge in [-0.2, -0.15) is 0 Å². The summed E-state index contributed by atoms with van der Waals surface area (Å²) in [5, 5.41) is 6.54. The number of hydrogen-bond acceptors (Lipinski definition) is 6.